The van der Waals surface area contributed by atoms with E-state index in [1.807, 2.05) is 30.5 Å². The van der Waals surface area contributed by atoms with Crippen molar-refractivity contribution in [3.8, 4) is 0 Å². The molecule has 0 spiro atoms. The monoisotopic (exact) mass is 387 g/mol. The van der Waals surface area contributed by atoms with Crippen LogP contribution in [0.4, 0.5) is 0 Å². The molecular weight excluding hydrogens is 362 g/mol. The summed E-state index contributed by atoms with van der Waals surface area (Å²) in [6.07, 6.45) is 3.78. The number of nitrogens with one attached hydrogen (secondary N) is 3. The van der Waals surface area contributed by atoms with Gasteiger partial charge >= 0.3 is 0 Å². The van der Waals surface area contributed by atoms with Crippen LogP contribution < -0.4 is 5.32 Å². The van der Waals surface area contributed by atoms with Crippen molar-refractivity contribution < 1.29 is 4.79 Å². The molecule has 0 unspecified atom stereocenters. The smallest absolute Gasteiger partial charge is 0.223 e. The van der Waals surface area contributed by atoms with Gasteiger partial charge in [-0.25, -0.2) is 4.98 Å². The van der Waals surface area contributed by atoms with E-state index in [1.54, 1.807) is 0 Å². The quantitative estimate of drug-likeness (QED) is 0.490. The number of rotatable bonds is 5. The van der Waals surface area contributed by atoms with Gasteiger partial charge in [-0.1, -0.05) is 18.2 Å². The largest absolute Gasteiger partial charge is 0.361 e. The summed E-state index contributed by atoms with van der Waals surface area (Å²) < 4.78 is 0. The first kappa shape index (κ1) is 17.9. The minimum absolute atomic E-state index is 0.0859. The lowest BCUT2D eigenvalue weighted by Crippen LogP contribution is -2.40. The molecule has 2 aromatic heterocycles. The average molecular weight is 387 g/mol. The molecule has 6 nitrogen and oxygen atoms in total. The molecule has 5 rings (SSSR count). The van der Waals surface area contributed by atoms with Crippen LogP contribution in [0.15, 0.2) is 54.7 Å². The number of hydrogen-bond acceptors (Lipinski definition) is 3. The van der Waals surface area contributed by atoms with Crippen LogP contribution in [0.2, 0.25) is 0 Å². The average Bonchev–Trinajstić information content (AvgIpc) is 3.38. The molecule has 1 saturated heterocycles. The highest BCUT2D eigenvalue weighted by Crippen LogP contribution is 2.21. The lowest BCUT2D eigenvalue weighted by molar-refractivity contribution is -0.126. The number of imidazole rings is 1. The fourth-order valence-electron chi connectivity index (χ4n) is 4.22. The summed E-state index contributed by atoms with van der Waals surface area (Å²) in [7, 11) is 0. The Kier molecular flexibility index (Phi) is 4.77. The summed E-state index contributed by atoms with van der Waals surface area (Å²) in [5.74, 6) is 1.03. The van der Waals surface area contributed by atoms with E-state index in [1.165, 1.54) is 16.5 Å². The molecule has 2 aromatic carbocycles. The van der Waals surface area contributed by atoms with Crippen molar-refractivity contribution in [2.24, 2.45) is 5.92 Å². The van der Waals surface area contributed by atoms with Gasteiger partial charge in [-0.3, -0.25) is 9.69 Å². The Balaban J connectivity index is 1.12. The summed E-state index contributed by atoms with van der Waals surface area (Å²) in [6, 6.07) is 16.6. The molecule has 1 aliphatic rings. The van der Waals surface area contributed by atoms with Crippen LogP contribution in [-0.4, -0.2) is 38.8 Å². The van der Waals surface area contributed by atoms with Crippen molar-refractivity contribution >= 4 is 27.8 Å². The van der Waals surface area contributed by atoms with E-state index in [9.17, 15) is 4.79 Å². The number of para-hydroxylation sites is 2. The van der Waals surface area contributed by atoms with Crippen LogP contribution in [0.25, 0.3) is 21.9 Å². The van der Waals surface area contributed by atoms with Gasteiger partial charge in [0.25, 0.3) is 0 Å². The van der Waals surface area contributed by atoms with Crippen molar-refractivity contribution in [2.75, 3.05) is 13.1 Å². The van der Waals surface area contributed by atoms with Crippen molar-refractivity contribution in [3.05, 3.63) is 66.1 Å². The SMILES string of the molecule is O=C(NCc1nc2ccccc2[nH]1)C1CCN(Cc2ccc3[nH]ccc3c2)CC1. The number of aromatic nitrogens is 3. The molecular formula is C23H25N5O. The summed E-state index contributed by atoms with van der Waals surface area (Å²) in [6.45, 7) is 3.29. The third kappa shape index (κ3) is 3.89. The molecule has 1 fully saturated rings. The maximum atomic E-state index is 12.6. The predicted molar refractivity (Wildman–Crippen MR) is 114 cm³/mol. The minimum atomic E-state index is 0.0859. The zero-order valence-corrected chi connectivity index (χ0v) is 16.3. The lowest BCUT2D eigenvalue weighted by Gasteiger charge is -2.31. The fraction of sp³-hybridized carbons (Fsp3) is 0.304. The molecule has 4 aromatic rings. The highest BCUT2D eigenvalue weighted by molar-refractivity contribution is 5.80. The van der Waals surface area contributed by atoms with Crippen LogP contribution >= 0.6 is 0 Å². The van der Waals surface area contributed by atoms with Gasteiger partial charge in [-0.05, 0) is 67.2 Å². The third-order valence-corrected chi connectivity index (χ3v) is 5.85. The molecule has 0 atom stereocenters. The number of aromatic amines is 2. The zero-order valence-electron chi connectivity index (χ0n) is 16.3. The number of carbonyl (C=O) groups is 1. The Morgan fingerprint density at radius 2 is 1.97 bits per heavy atom. The van der Waals surface area contributed by atoms with Gasteiger partial charge in [0.05, 0.1) is 17.6 Å². The summed E-state index contributed by atoms with van der Waals surface area (Å²) in [5, 5.41) is 4.31. The molecule has 1 aliphatic heterocycles. The first-order chi connectivity index (χ1) is 14.2. The first-order valence-electron chi connectivity index (χ1n) is 10.2. The summed E-state index contributed by atoms with van der Waals surface area (Å²) >= 11 is 0. The maximum absolute atomic E-state index is 12.6. The number of carbonyl (C=O) groups excluding carboxylic acids is 1. The summed E-state index contributed by atoms with van der Waals surface area (Å²) in [4.78, 5) is 26.1. The molecule has 0 bridgehead atoms. The van der Waals surface area contributed by atoms with Crippen LogP contribution in [0.1, 0.15) is 24.2 Å². The van der Waals surface area contributed by atoms with E-state index in [0.29, 0.717) is 6.54 Å². The molecule has 1 amide bonds. The first-order valence-corrected chi connectivity index (χ1v) is 10.2. The van der Waals surface area contributed by atoms with Crippen LogP contribution in [-0.2, 0) is 17.9 Å². The Labute approximate surface area is 169 Å². The maximum Gasteiger partial charge on any atom is 0.223 e. The molecule has 3 heterocycles. The van der Waals surface area contributed by atoms with E-state index in [4.69, 9.17) is 0 Å². The van der Waals surface area contributed by atoms with Gasteiger partial charge in [0.2, 0.25) is 5.91 Å². The molecule has 6 heteroatoms. The molecule has 0 aliphatic carbocycles. The second-order valence-electron chi connectivity index (χ2n) is 7.87. The molecule has 0 saturated carbocycles. The highest BCUT2D eigenvalue weighted by atomic mass is 16.1. The lowest BCUT2D eigenvalue weighted by atomic mass is 9.95. The van der Waals surface area contributed by atoms with Crippen LogP contribution in [0.3, 0.4) is 0 Å². The van der Waals surface area contributed by atoms with Crippen molar-refractivity contribution in [2.45, 2.75) is 25.9 Å². The second-order valence-corrected chi connectivity index (χ2v) is 7.87. The zero-order chi connectivity index (χ0) is 19.6. The summed E-state index contributed by atoms with van der Waals surface area (Å²) in [5.41, 5.74) is 4.43. The Hall–Kier alpha value is -3.12. The molecule has 3 N–H and O–H groups in total. The topological polar surface area (TPSA) is 76.8 Å². The normalized spacial score (nSPS) is 15.9. The van der Waals surface area contributed by atoms with E-state index >= 15 is 0 Å². The number of nitrogens with zero attached hydrogens (tertiary/aromatic N) is 2. The van der Waals surface area contributed by atoms with Gasteiger partial charge in [-0.2, -0.15) is 0 Å². The van der Waals surface area contributed by atoms with E-state index in [0.717, 1.165) is 49.3 Å². The predicted octanol–water partition coefficient (Wildman–Crippen LogP) is 3.57. The Morgan fingerprint density at radius 1 is 1.10 bits per heavy atom. The highest BCUT2D eigenvalue weighted by Gasteiger charge is 2.25. The number of H-pyrrole nitrogens is 2. The fourth-order valence-corrected chi connectivity index (χ4v) is 4.22. The number of amides is 1. The molecule has 0 radical (unpaired) electrons. The number of fused-ring (bicyclic) bond motifs is 2. The number of piperidine rings is 1. The van der Waals surface area contributed by atoms with Gasteiger partial charge in [0.1, 0.15) is 5.82 Å². The van der Waals surface area contributed by atoms with E-state index in [-0.39, 0.29) is 11.8 Å². The van der Waals surface area contributed by atoms with Gasteiger partial charge in [-0.15, -0.1) is 0 Å². The second kappa shape index (κ2) is 7.72. The van der Waals surface area contributed by atoms with Gasteiger partial charge in [0, 0.05) is 24.2 Å². The van der Waals surface area contributed by atoms with E-state index < -0.39 is 0 Å². The van der Waals surface area contributed by atoms with Crippen molar-refractivity contribution in [1.82, 2.24) is 25.2 Å². The van der Waals surface area contributed by atoms with Crippen LogP contribution in [0.5, 0.6) is 0 Å². The van der Waals surface area contributed by atoms with Gasteiger partial charge in [0.15, 0.2) is 0 Å². The minimum Gasteiger partial charge on any atom is -0.361 e. The number of hydrogen-bond donors (Lipinski definition) is 3. The molecule has 148 valence electrons. The van der Waals surface area contributed by atoms with Crippen molar-refractivity contribution in [3.63, 3.8) is 0 Å². The standard InChI is InChI=1S/C23H25N5O/c29-23(25-14-22-26-20-3-1-2-4-21(20)27-22)17-8-11-28(12-9-17)15-16-5-6-19-18(13-16)7-10-24-19/h1-7,10,13,17,24H,8-9,11-12,14-15H2,(H,25,29)(H,26,27). The number of benzene rings is 2. The Bertz CT molecular complexity index is 1100. The molecule has 29 heavy (non-hydrogen) atoms. The Morgan fingerprint density at radius 3 is 2.83 bits per heavy atom. The van der Waals surface area contributed by atoms with E-state index in [2.05, 4.69) is 49.4 Å². The third-order valence-electron chi connectivity index (χ3n) is 5.85. The van der Waals surface area contributed by atoms with Gasteiger partial charge < -0.3 is 15.3 Å². The number of likely N-dealkylation sites (tertiary alicyclic amines) is 1. The van der Waals surface area contributed by atoms with Crippen LogP contribution in [0, 0.1) is 5.92 Å². The van der Waals surface area contributed by atoms with Crippen molar-refractivity contribution in [1.29, 1.82) is 0 Å².